The topological polar surface area (TPSA) is 78.1 Å². The summed E-state index contributed by atoms with van der Waals surface area (Å²) in [5.41, 5.74) is -0.00338. The minimum Gasteiger partial charge on any atom is -0.349 e. The molecule has 6 heteroatoms. The first-order chi connectivity index (χ1) is 10.7. The van der Waals surface area contributed by atoms with E-state index >= 15 is 0 Å². The minimum absolute atomic E-state index is 0.240. The molecule has 0 bridgehead atoms. The fraction of sp³-hybridized carbons (Fsp3) is 0.438. The lowest BCUT2D eigenvalue weighted by molar-refractivity contribution is 0.0937. The van der Waals surface area contributed by atoms with E-state index < -0.39 is 0 Å². The van der Waals surface area contributed by atoms with E-state index in [0.29, 0.717) is 23.4 Å². The van der Waals surface area contributed by atoms with Crippen LogP contribution in [0.15, 0.2) is 29.1 Å². The molecule has 22 heavy (non-hydrogen) atoms. The summed E-state index contributed by atoms with van der Waals surface area (Å²) in [5.74, 6) is -0.240. The van der Waals surface area contributed by atoms with Gasteiger partial charge >= 0.3 is 0 Å². The third-order valence-corrected chi connectivity index (χ3v) is 4.31. The van der Waals surface area contributed by atoms with Crippen LogP contribution in [0.4, 0.5) is 0 Å². The van der Waals surface area contributed by atoms with Gasteiger partial charge in [0.2, 0.25) is 0 Å². The molecule has 1 atom stereocenters. The number of aromatic nitrogens is 2. The summed E-state index contributed by atoms with van der Waals surface area (Å²) in [6, 6.07) is 7.42. The van der Waals surface area contributed by atoms with Crippen molar-refractivity contribution in [1.82, 2.24) is 20.4 Å². The third-order valence-electron chi connectivity index (χ3n) is 4.31. The molecule has 6 nitrogen and oxygen atoms in total. The summed E-state index contributed by atoms with van der Waals surface area (Å²) in [4.78, 5) is 26.5. The molecule has 1 saturated heterocycles. The van der Waals surface area contributed by atoms with E-state index in [2.05, 4.69) is 27.3 Å². The quantitative estimate of drug-likeness (QED) is 0.887. The summed E-state index contributed by atoms with van der Waals surface area (Å²) < 4.78 is 0. The Balaban J connectivity index is 1.78. The minimum atomic E-state index is -0.278. The number of benzene rings is 1. The standard InChI is InChI=1S/C16H20N4O2/c1-2-20-9-5-6-11(20)10-17-16(22)14-12-7-3-4-8-13(12)15(21)19-18-14/h3-4,7-8,11H,2,5-6,9-10H2,1H3,(H,17,22)(H,19,21)/t11-/m1/s1. The van der Waals surface area contributed by atoms with Crippen molar-refractivity contribution in [3.8, 4) is 0 Å². The molecule has 3 rings (SSSR count). The number of carbonyl (C=O) groups is 1. The Morgan fingerprint density at radius 2 is 2.18 bits per heavy atom. The number of likely N-dealkylation sites (N-methyl/N-ethyl adjacent to an activating group) is 1. The van der Waals surface area contributed by atoms with Crippen molar-refractivity contribution in [1.29, 1.82) is 0 Å². The number of aromatic amines is 1. The number of nitrogens with zero attached hydrogens (tertiary/aromatic N) is 2. The molecule has 2 heterocycles. The highest BCUT2D eigenvalue weighted by Crippen LogP contribution is 2.16. The summed E-state index contributed by atoms with van der Waals surface area (Å²) in [7, 11) is 0. The van der Waals surface area contributed by atoms with E-state index in [-0.39, 0.29) is 17.2 Å². The first-order valence-electron chi connectivity index (χ1n) is 7.70. The lowest BCUT2D eigenvalue weighted by atomic mass is 10.1. The zero-order valence-corrected chi connectivity index (χ0v) is 12.6. The molecule has 1 amide bonds. The van der Waals surface area contributed by atoms with E-state index in [1.807, 2.05) is 0 Å². The van der Waals surface area contributed by atoms with Gasteiger partial charge in [-0.05, 0) is 32.0 Å². The number of hydrogen-bond acceptors (Lipinski definition) is 4. The van der Waals surface area contributed by atoms with Gasteiger partial charge in [0, 0.05) is 18.0 Å². The van der Waals surface area contributed by atoms with Gasteiger partial charge in [0.25, 0.3) is 11.5 Å². The highest BCUT2D eigenvalue weighted by atomic mass is 16.2. The molecule has 2 aromatic rings. The van der Waals surface area contributed by atoms with Gasteiger partial charge < -0.3 is 5.32 Å². The number of H-pyrrole nitrogens is 1. The first kappa shape index (κ1) is 14.7. The molecule has 0 unspecified atom stereocenters. The van der Waals surface area contributed by atoms with Gasteiger partial charge in [0.15, 0.2) is 5.69 Å². The molecule has 2 N–H and O–H groups in total. The molecule has 0 saturated carbocycles. The van der Waals surface area contributed by atoms with Gasteiger partial charge in [0.05, 0.1) is 5.39 Å². The molecule has 1 aromatic carbocycles. The predicted octanol–water partition coefficient (Wildman–Crippen LogP) is 1.14. The molecule has 1 fully saturated rings. The van der Waals surface area contributed by atoms with Gasteiger partial charge in [-0.2, -0.15) is 5.10 Å². The molecule has 0 radical (unpaired) electrons. The first-order valence-corrected chi connectivity index (χ1v) is 7.70. The van der Waals surface area contributed by atoms with E-state index in [0.717, 1.165) is 19.5 Å². The number of carbonyl (C=O) groups excluding carboxylic acids is 1. The van der Waals surface area contributed by atoms with Crippen molar-refractivity contribution in [3.63, 3.8) is 0 Å². The smallest absolute Gasteiger partial charge is 0.272 e. The Kier molecular flexibility index (Phi) is 4.20. The van der Waals surface area contributed by atoms with Crippen LogP contribution in [0.2, 0.25) is 0 Å². The summed E-state index contributed by atoms with van der Waals surface area (Å²) in [6.07, 6.45) is 2.28. The second-order valence-corrected chi connectivity index (χ2v) is 5.58. The van der Waals surface area contributed by atoms with Crippen molar-refractivity contribution in [2.75, 3.05) is 19.6 Å². The van der Waals surface area contributed by atoms with E-state index in [9.17, 15) is 9.59 Å². The average Bonchev–Trinajstić information content (AvgIpc) is 3.01. The van der Waals surface area contributed by atoms with Crippen LogP contribution in [0.1, 0.15) is 30.3 Å². The predicted molar refractivity (Wildman–Crippen MR) is 85.0 cm³/mol. The molecular formula is C16H20N4O2. The summed E-state index contributed by atoms with van der Waals surface area (Å²) >= 11 is 0. The van der Waals surface area contributed by atoms with Crippen LogP contribution in [0.3, 0.4) is 0 Å². The number of likely N-dealkylation sites (tertiary alicyclic amines) is 1. The van der Waals surface area contributed by atoms with Gasteiger partial charge in [-0.15, -0.1) is 0 Å². The van der Waals surface area contributed by atoms with Crippen LogP contribution in [-0.4, -0.2) is 46.7 Å². The third kappa shape index (κ3) is 2.74. The van der Waals surface area contributed by atoms with Crippen LogP contribution in [0, 0.1) is 0 Å². The van der Waals surface area contributed by atoms with Crippen LogP contribution in [0.25, 0.3) is 10.8 Å². The maximum Gasteiger partial charge on any atom is 0.272 e. The van der Waals surface area contributed by atoms with Crippen LogP contribution in [0.5, 0.6) is 0 Å². The van der Waals surface area contributed by atoms with Crippen molar-refractivity contribution in [2.24, 2.45) is 0 Å². The number of hydrogen-bond donors (Lipinski definition) is 2. The molecule has 1 aliphatic rings. The maximum absolute atomic E-state index is 12.4. The molecule has 1 aliphatic heterocycles. The second kappa shape index (κ2) is 6.27. The van der Waals surface area contributed by atoms with Gasteiger partial charge in [-0.3, -0.25) is 14.5 Å². The fourth-order valence-corrected chi connectivity index (χ4v) is 3.12. The van der Waals surface area contributed by atoms with Crippen molar-refractivity contribution < 1.29 is 4.79 Å². The average molecular weight is 300 g/mol. The van der Waals surface area contributed by atoms with Crippen molar-refractivity contribution >= 4 is 16.7 Å². The van der Waals surface area contributed by atoms with Crippen LogP contribution < -0.4 is 10.9 Å². The second-order valence-electron chi connectivity index (χ2n) is 5.58. The Labute approximate surface area is 128 Å². The largest absolute Gasteiger partial charge is 0.349 e. The highest BCUT2D eigenvalue weighted by molar-refractivity contribution is 6.04. The normalized spacial score (nSPS) is 18.7. The fourth-order valence-electron chi connectivity index (χ4n) is 3.12. The summed E-state index contributed by atoms with van der Waals surface area (Å²) in [6.45, 7) is 4.84. The van der Waals surface area contributed by atoms with Crippen molar-refractivity contribution in [2.45, 2.75) is 25.8 Å². The van der Waals surface area contributed by atoms with Gasteiger partial charge in [0.1, 0.15) is 0 Å². The number of rotatable bonds is 4. The van der Waals surface area contributed by atoms with Gasteiger partial charge in [-0.1, -0.05) is 25.1 Å². The van der Waals surface area contributed by atoms with Crippen LogP contribution in [-0.2, 0) is 0 Å². The summed E-state index contributed by atoms with van der Waals surface area (Å²) in [5, 5.41) is 10.3. The zero-order valence-electron chi connectivity index (χ0n) is 12.6. The Morgan fingerprint density at radius 1 is 1.41 bits per heavy atom. The Morgan fingerprint density at radius 3 is 2.95 bits per heavy atom. The zero-order chi connectivity index (χ0) is 15.5. The SMILES string of the molecule is CCN1CCC[C@@H]1CNC(=O)c1n[nH]c(=O)c2ccccc12. The Bertz CT molecular complexity index is 740. The van der Waals surface area contributed by atoms with E-state index in [4.69, 9.17) is 0 Å². The monoisotopic (exact) mass is 300 g/mol. The molecule has 1 aromatic heterocycles. The lowest BCUT2D eigenvalue weighted by Crippen LogP contribution is -2.40. The molecule has 0 spiro atoms. The maximum atomic E-state index is 12.4. The molecule has 0 aliphatic carbocycles. The van der Waals surface area contributed by atoms with Gasteiger partial charge in [-0.25, -0.2) is 5.10 Å². The lowest BCUT2D eigenvalue weighted by Gasteiger charge is -2.22. The molecule has 116 valence electrons. The number of amides is 1. The number of nitrogens with one attached hydrogen (secondary N) is 2. The Hall–Kier alpha value is -2.21. The molecular weight excluding hydrogens is 280 g/mol. The van der Waals surface area contributed by atoms with E-state index in [1.165, 1.54) is 6.42 Å². The number of fused-ring (bicyclic) bond motifs is 1. The van der Waals surface area contributed by atoms with Crippen LogP contribution >= 0.6 is 0 Å². The highest BCUT2D eigenvalue weighted by Gasteiger charge is 2.24. The van der Waals surface area contributed by atoms with E-state index in [1.54, 1.807) is 24.3 Å². The van der Waals surface area contributed by atoms with Crippen molar-refractivity contribution in [3.05, 3.63) is 40.3 Å².